The molecule has 0 radical (unpaired) electrons. The fraction of sp³-hybridized carbons (Fsp3) is 0.692. The summed E-state index contributed by atoms with van der Waals surface area (Å²) in [5.74, 6) is 0.777. The Kier molecular flexibility index (Phi) is 3.22. The van der Waals surface area contributed by atoms with Crippen LogP contribution >= 0.6 is 0 Å². The van der Waals surface area contributed by atoms with Crippen molar-refractivity contribution in [1.82, 2.24) is 15.1 Å². The van der Waals surface area contributed by atoms with Gasteiger partial charge in [-0.2, -0.15) is 5.10 Å². The van der Waals surface area contributed by atoms with E-state index in [1.807, 2.05) is 24.1 Å². The van der Waals surface area contributed by atoms with Gasteiger partial charge in [-0.3, -0.25) is 9.48 Å². The molecule has 1 fully saturated rings. The monoisotopic (exact) mass is 235 g/mol. The normalized spacial score (nSPS) is 24.4. The molecule has 2 rings (SSSR count). The molecule has 1 aliphatic rings. The van der Waals surface area contributed by atoms with E-state index < -0.39 is 0 Å². The van der Waals surface area contributed by atoms with Gasteiger partial charge in [0.2, 0.25) is 5.91 Å². The van der Waals surface area contributed by atoms with E-state index in [2.05, 4.69) is 24.3 Å². The number of carbonyl (C=O) groups is 1. The van der Waals surface area contributed by atoms with Gasteiger partial charge in [0, 0.05) is 25.2 Å². The summed E-state index contributed by atoms with van der Waals surface area (Å²) < 4.78 is 1.81. The Hall–Kier alpha value is -1.32. The number of hydrogen-bond acceptors (Lipinski definition) is 2. The van der Waals surface area contributed by atoms with E-state index in [1.54, 1.807) is 0 Å². The predicted octanol–water partition coefficient (Wildman–Crippen LogP) is 1.66. The first-order valence-corrected chi connectivity index (χ1v) is 6.28. The van der Waals surface area contributed by atoms with Crippen LogP contribution in [0.15, 0.2) is 12.4 Å². The van der Waals surface area contributed by atoms with Crippen LogP contribution < -0.4 is 5.32 Å². The number of aromatic nitrogens is 2. The van der Waals surface area contributed by atoms with Crippen LogP contribution in [0, 0.1) is 5.92 Å². The molecule has 1 unspecified atom stereocenters. The van der Waals surface area contributed by atoms with E-state index >= 15 is 0 Å². The minimum absolute atomic E-state index is 0.0473. The lowest BCUT2D eigenvalue weighted by Crippen LogP contribution is -2.44. The molecule has 4 nitrogen and oxygen atoms in total. The molecular formula is C13H21N3O. The van der Waals surface area contributed by atoms with E-state index in [9.17, 15) is 4.79 Å². The van der Waals surface area contributed by atoms with Gasteiger partial charge in [-0.05, 0) is 30.7 Å². The molecule has 0 saturated carbocycles. The van der Waals surface area contributed by atoms with E-state index in [1.165, 1.54) is 5.56 Å². The van der Waals surface area contributed by atoms with Crippen molar-refractivity contribution in [3.63, 3.8) is 0 Å². The number of carbonyl (C=O) groups excluding carboxylic acids is 1. The third kappa shape index (κ3) is 2.87. The van der Waals surface area contributed by atoms with E-state index in [-0.39, 0.29) is 11.4 Å². The summed E-state index contributed by atoms with van der Waals surface area (Å²) in [7, 11) is 1.92. The SMILES string of the molecule is CC(C)CC1(Cc2cnn(C)c2)CCC(=O)N1. The Bertz CT molecular complexity index is 411. The van der Waals surface area contributed by atoms with Gasteiger partial charge >= 0.3 is 0 Å². The molecule has 1 aliphatic heterocycles. The molecule has 0 bridgehead atoms. The molecule has 94 valence electrons. The highest BCUT2D eigenvalue weighted by Crippen LogP contribution is 2.30. The van der Waals surface area contributed by atoms with Crippen LogP contribution in [0.2, 0.25) is 0 Å². The summed E-state index contributed by atoms with van der Waals surface area (Å²) in [6.45, 7) is 4.41. The van der Waals surface area contributed by atoms with Crippen LogP contribution in [-0.4, -0.2) is 21.2 Å². The van der Waals surface area contributed by atoms with Crippen molar-refractivity contribution in [2.24, 2.45) is 13.0 Å². The topological polar surface area (TPSA) is 46.9 Å². The van der Waals surface area contributed by atoms with Gasteiger partial charge in [0.1, 0.15) is 0 Å². The molecule has 0 aliphatic carbocycles. The fourth-order valence-corrected chi connectivity index (χ4v) is 2.87. The van der Waals surface area contributed by atoms with Gasteiger partial charge in [-0.25, -0.2) is 0 Å². The number of nitrogens with one attached hydrogen (secondary N) is 1. The summed E-state index contributed by atoms with van der Waals surface area (Å²) in [6, 6.07) is 0. The summed E-state index contributed by atoms with van der Waals surface area (Å²) in [5.41, 5.74) is 1.16. The van der Waals surface area contributed by atoms with Gasteiger partial charge in [-0.1, -0.05) is 13.8 Å². The maximum Gasteiger partial charge on any atom is 0.220 e. The Morgan fingerprint density at radius 2 is 2.35 bits per heavy atom. The highest BCUT2D eigenvalue weighted by atomic mass is 16.2. The first-order valence-electron chi connectivity index (χ1n) is 6.28. The molecule has 0 spiro atoms. The van der Waals surface area contributed by atoms with Crippen molar-refractivity contribution >= 4 is 5.91 Å². The third-order valence-electron chi connectivity index (χ3n) is 3.34. The molecule has 1 saturated heterocycles. The molecular weight excluding hydrogens is 214 g/mol. The van der Waals surface area contributed by atoms with Crippen LogP contribution in [0.4, 0.5) is 0 Å². The fourth-order valence-electron chi connectivity index (χ4n) is 2.87. The van der Waals surface area contributed by atoms with Crippen LogP contribution in [0.3, 0.4) is 0 Å². The number of rotatable bonds is 4. The van der Waals surface area contributed by atoms with Gasteiger partial charge in [0.25, 0.3) is 0 Å². The Morgan fingerprint density at radius 1 is 1.59 bits per heavy atom. The van der Waals surface area contributed by atoms with Gasteiger partial charge in [-0.15, -0.1) is 0 Å². The van der Waals surface area contributed by atoms with Gasteiger partial charge in [0.15, 0.2) is 0 Å². The predicted molar refractivity (Wildman–Crippen MR) is 66.5 cm³/mol. The quantitative estimate of drug-likeness (QED) is 0.862. The van der Waals surface area contributed by atoms with Crippen LogP contribution in [0.5, 0.6) is 0 Å². The van der Waals surface area contributed by atoms with Crippen molar-refractivity contribution < 1.29 is 4.79 Å². The molecule has 4 heteroatoms. The second-order valence-corrected chi connectivity index (χ2v) is 5.63. The third-order valence-corrected chi connectivity index (χ3v) is 3.34. The van der Waals surface area contributed by atoms with Crippen molar-refractivity contribution in [3.05, 3.63) is 18.0 Å². The lowest BCUT2D eigenvalue weighted by Gasteiger charge is -2.30. The largest absolute Gasteiger partial charge is 0.350 e. The van der Waals surface area contributed by atoms with E-state index in [0.29, 0.717) is 12.3 Å². The van der Waals surface area contributed by atoms with Gasteiger partial charge in [0.05, 0.1) is 6.20 Å². The van der Waals surface area contributed by atoms with E-state index in [0.717, 1.165) is 19.3 Å². The van der Waals surface area contributed by atoms with Crippen molar-refractivity contribution in [2.75, 3.05) is 0 Å². The minimum atomic E-state index is -0.0473. The van der Waals surface area contributed by atoms with Crippen LogP contribution in [-0.2, 0) is 18.3 Å². The average molecular weight is 235 g/mol. The maximum atomic E-state index is 11.5. The van der Waals surface area contributed by atoms with E-state index in [4.69, 9.17) is 0 Å². The first kappa shape index (κ1) is 12.1. The smallest absolute Gasteiger partial charge is 0.220 e. The lowest BCUT2D eigenvalue weighted by atomic mass is 9.83. The Labute approximate surface area is 102 Å². The van der Waals surface area contributed by atoms with Crippen molar-refractivity contribution in [2.45, 2.75) is 45.1 Å². The number of amides is 1. The second kappa shape index (κ2) is 4.51. The summed E-state index contributed by atoms with van der Waals surface area (Å²) in [5, 5.41) is 7.37. The lowest BCUT2D eigenvalue weighted by molar-refractivity contribution is -0.119. The molecule has 1 aromatic heterocycles. The number of aryl methyl sites for hydroxylation is 1. The standard InChI is InChI=1S/C13H21N3O/c1-10(2)6-13(5-4-12(17)15-13)7-11-8-14-16(3)9-11/h8-10H,4-7H2,1-3H3,(H,15,17). The molecule has 0 aromatic carbocycles. The summed E-state index contributed by atoms with van der Waals surface area (Å²) in [4.78, 5) is 11.5. The minimum Gasteiger partial charge on any atom is -0.350 e. The zero-order valence-corrected chi connectivity index (χ0v) is 10.9. The van der Waals surface area contributed by atoms with Crippen molar-refractivity contribution in [1.29, 1.82) is 0 Å². The molecule has 1 amide bonds. The zero-order valence-electron chi connectivity index (χ0n) is 10.9. The first-order chi connectivity index (χ1) is 7.99. The Balaban J connectivity index is 2.13. The summed E-state index contributed by atoms with van der Waals surface area (Å²) in [6.07, 6.45) is 7.46. The van der Waals surface area contributed by atoms with Gasteiger partial charge < -0.3 is 5.32 Å². The molecule has 1 N–H and O–H groups in total. The highest BCUT2D eigenvalue weighted by Gasteiger charge is 2.38. The second-order valence-electron chi connectivity index (χ2n) is 5.63. The Morgan fingerprint density at radius 3 is 2.82 bits per heavy atom. The maximum absolute atomic E-state index is 11.5. The summed E-state index contributed by atoms with van der Waals surface area (Å²) >= 11 is 0. The van der Waals surface area contributed by atoms with Crippen LogP contribution in [0.25, 0.3) is 0 Å². The zero-order chi connectivity index (χ0) is 12.5. The molecule has 1 atom stereocenters. The highest BCUT2D eigenvalue weighted by molar-refractivity contribution is 5.79. The number of nitrogens with zero attached hydrogens (tertiary/aromatic N) is 2. The average Bonchev–Trinajstić information content (AvgIpc) is 2.74. The molecule has 17 heavy (non-hydrogen) atoms. The number of hydrogen-bond donors (Lipinski definition) is 1. The molecule has 2 heterocycles. The molecule has 1 aromatic rings. The van der Waals surface area contributed by atoms with Crippen LogP contribution in [0.1, 0.15) is 38.7 Å². The van der Waals surface area contributed by atoms with Crippen molar-refractivity contribution in [3.8, 4) is 0 Å².